The van der Waals surface area contributed by atoms with Crippen LogP contribution in [0.15, 0.2) is 18.2 Å². The molecule has 0 unspecified atom stereocenters. The van der Waals surface area contributed by atoms with Crippen LogP contribution in [0.5, 0.6) is 5.75 Å². The number of aliphatic hydroxyl groups is 1. The summed E-state index contributed by atoms with van der Waals surface area (Å²) in [6, 6.07) is 6.13. The molecule has 1 heterocycles. The van der Waals surface area contributed by atoms with E-state index in [4.69, 9.17) is 4.74 Å². The maximum atomic E-state index is 10.2. The van der Waals surface area contributed by atoms with Gasteiger partial charge in [-0.05, 0) is 56.5 Å². The lowest BCUT2D eigenvalue weighted by atomic mass is 10.0. The zero-order valence-electron chi connectivity index (χ0n) is 11.0. The Morgan fingerprint density at radius 2 is 2.00 bits per heavy atom. The van der Waals surface area contributed by atoms with Gasteiger partial charge in [-0.3, -0.25) is 4.90 Å². The Morgan fingerprint density at radius 1 is 1.28 bits per heavy atom. The van der Waals surface area contributed by atoms with Crippen LogP contribution in [0, 0.1) is 0 Å². The summed E-state index contributed by atoms with van der Waals surface area (Å²) >= 11 is 0. The van der Waals surface area contributed by atoms with E-state index in [1.165, 1.54) is 31.5 Å². The van der Waals surface area contributed by atoms with Crippen LogP contribution in [0.2, 0.25) is 0 Å². The number of benzene rings is 1. The van der Waals surface area contributed by atoms with Crippen molar-refractivity contribution >= 4 is 0 Å². The third-order valence-corrected chi connectivity index (χ3v) is 4.13. The summed E-state index contributed by atoms with van der Waals surface area (Å²) in [5, 5.41) is 10.2. The molecule has 98 valence electrons. The topological polar surface area (TPSA) is 32.7 Å². The van der Waals surface area contributed by atoms with Gasteiger partial charge in [0.25, 0.3) is 0 Å². The smallest absolute Gasteiger partial charge is 0.123 e. The lowest BCUT2D eigenvalue weighted by molar-refractivity contribution is 0.151. The summed E-state index contributed by atoms with van der Waals surface area (Å²) in [7, 11) is 1.72. The quantitative estimate of drug-likeness (QED) is 0.886. The van der Waals surface area contributed by atoms with Gasteiger partial charge in [-0.1, -0.05) is 6.07 Å². The summed E-state index contributed by atoms with van der Waals surface area (Å²) in [4.78, 5) is 2.46. The van der Waals surface area contributed by atoms with Gasteiger partial charge in [0.2, 0.25) is 0 Å². The molecule has 1 saturated carbocycles. The van der Waals surface area contributed by atoms with Crippen molar-refractivity contribution in [2.75, 3.05) is 20.2 Å². The fourth-order valence-electron chi connectivity index (χ4n) is 2.78. The van der Waals surface area contributed by atoms with Crippen LogP contribution in [0.1, 0.15) is 36.8 Å². The summed E-state index contributed by atoms with van der Waals surface area (Å²) < 4.78 is 5.44. The van der Waals surface area contributed by atoms with E-state index in [-0.39, 0.29) is 0 Å². The Labute approximate surface area is 108 Å². The lowest BCUT2D eigenvalue weighted by Gasteiger charge is -2.19. The number of ether oxygens (including phenoxy) is 1. The molecule has 1 aliphatic heterocycles. The molecule has 0 aromatic heterocycles. The van der Waals surface area contributed by atoms with E-state index in [0.717, 1.165) is 30.7 Å². The molecule has 1 aromatic carbocycles. The van der Waals surface area contributed by atoms with Gasteiger partial charge in [0.15, 0.2) is 0 Å². The van der Waals surface area contributed by atoms with E-state index in [9.17, 15) is 5.11 Å². The molecular weight excluding hydrogens is 226 g/mol. The number of rotatable bonds is 4. The monoisotopic (exact) mass is 247 g/mol. The highest BCUT2D eigenvalue weighted by molar-refractivity contribution is 5.41. The number of nitrogens with zero attached hydrogens (tertiary/aromatic N) is 1. The molecule has 3 heteroatoms. The Morgan fingerprint density at radius 3 is 2.61 bits per heavy atom. The number of hydrogen-bond donors (Lipinski definition) is 1. The third-order valence-electron chi connectivity index (χ3n) is 4.13. The third kappa shape index (κ3) is 2.25. The highest BCUT2D eigenvalue weighted by Crippen LogP contribution is 2.46. The van der Waals surface area contributed by atoms with Crippen molar-refractivity contribution in [1.29, 1.82) is 0 Å². The van der Waals surface area contributed by atoms with Crippen molar-refractivity contribution in [3.8, 4) is 5.75 Å². The molecule has 0 atom stereocenters. The average molecular weight is 247 g/mol. The first-order chi connectivity index (χ1) is 8.71. The Bertz CT molecular complexity index is 434. The van der Waals surface area contributed by atoms with Gasteiger partial charge in [0.05, 0.1) is 12.7 Å². The minimum atomic E-state index is -0.550. The Kier molecular flexibility index (Phi) is 3.04. The van der Waals surface area contributed by atoms with Crippen molar-refractivity contribution in [3.05, 3.63) is 29.3 Å². The first-order valence-electron chi connectivity index (χ1n) is 6.83. The van der Waals surface area contributed by atoms with Crippen molar-refractivity contribution in [2.45, 2.75) is 37.8 Å². The molecule has 0 bridgehead atoms. The van der Waals surface area contributed by atoms with E-state index >= 15 is 0 Å². The van der Waals surface area contributed by atoms with Gasteiger partial charge in [0.1, 0.15) is 5.75 Å². The summed E-state index contributed by atoms with van der Waals surface area (Å²) in [6.45, 7) is 3.29. The molecule has 2 fully saturated rings. The summed E-state index contributed by atoms with van der Waals surface area (Å²) in [6.07, 6.45) is 4.38. The summed E-state index contributed by atoms with van der Waals surface area (Å²) in [5.74, 6) is 0.940. The van der Waals surface area contributed by atoms with Gasteiger partial charge < -0.3 is 9.84 Å². The van der Waals surface area contributed by atoms with Crippen molar-refractivity contribution in [3.63, 3.8) is 0 Å². The number of likely N-dealkylation sites (tertiary alicyclic amines) is 1. The lowest BCUT2D eigenvalue weighted by Crippen LogP contribution is -2.19. The van der Waals surface area contributed by atoms with Gasteiger partial charge in [-0.15, -0.1) is 0 Å². The first kappa shape index (κ1) is 12.0. The van der Waals surface area contributed by atoms with E-state index < -0.39 is 5.60 Å². The van der Waals surface area contributed by atoms with Crippen LogP contribution >= 0.6 is 0 Å². The van der Waals surface area contributed by atoms with Crippen LogP contribution in [0.3, 0.4) is 0 Å². The normalized spacial score (nSPS) is 22.1. The second-order valence-electron chi connectivity index (χ2n) is 5.54. The highest BCUT2D eigenvalue weighted by atomic mass is 16.5. The maximum absolute atomic E-state index is 10.2. The maximum Gasteiger partial charge on any atom is 0.123 e. The van der Waals surface area contributed by atoms with Crippen molar-refractivity contribution in [2.24, 2.45) is 0 Å². The van der Waals surface area contributed by atoms with Crippen molar-refractivity contribution < 1.29 is 9.84 Å². The minimum Gasteiger partial charge on any atom is -0.496 e. The molecular formula is C15H21NO2. The fourth-order valence-corrected chi connectivity index (χ4v) is 2.78. The SMILES string of the molecule is COc1ccc(C2(O)CC2)cc1CN1CCCC1. The molecule has 0 radical (unpaired) electrons. The van der Waals surface area contributed by atoms with Gasteiger partial charge in [-0.2, -0.15) is 0 Å². The van der Waals surface area contributed by atoms with Crippen LogP contribution in [-0.2, 0) is 12.1 Å². The highest BCUT2D eigenvalue weighted by Gasteiger charge is 2.42. The Balaban J connectivity index is 1.84. The van der Waals surface area contributed by atoms with Crippen LogP contribution in [-0.4, -0.2) is 30.2 Å². The van der Waals surface area contributed by atoms with Gasteiger partial charge >= 0.3 is 0 Å². The molecule has 0 amide bonds. The van der Waals surface area contributed by atoms with Crippen LogP contribution in [0.25, 0.3) is 0 Å². The fraction of sp³-hybridized carbons (Fsp3) is 0.600. The van der Waals surface area contributed by atoms with E-state index in [1.807, 2.05) is 12.1 Å². The molecule has 2 aliphatic rings. The zero-order valence-corrected chi connectivity index (χ0v) is 11.0. The van der Waals surface area contributed by atoms with Gasteiger partial charge in [0, 0.05) is 12.1 Å². The second-order valence-corrected chi connectivity index (χ2v) is 5.54. The van der Waals surface area contributed by atoms with Crippen LogP contribution in [0.4, 0.5) is 0 Å². The van der Waals surface area contributed by atoms with E-state index in [0.29, 0.717) is 0 Å². The first-order valence-corrected chi connectivity index (χ1v) is 6.83. The molecule has 1 aromatic rings. The molecule has 3 nitrogen and oxygen atoms in total. The van der Waals surface area contributed by atoms with Gasteiger partial charge in [-0.25, -0.2) is 0 Å². The molecule has 1 saturated heterocycles. The second kappa shape index (κ2) is 4.56. The van der Waals surface area contributed by atoms with Crippen LogP contribution < -0.4 is 4.74 Å². The zero-order chi connectivity index (χ0) is 12.6. The Hall–Kier alpha value is -1.06. The van der Waals surface area contributed by atoms with E-state index in [1.54, 1.807) is 7.11 Å². The standard InChI is InChI=1S/C15H21NO2/c1-18-14-5-4-13(15(17)6-7-15)10-12(14)11-16-8-2-3-9-16/h4-5,10,17H,2-3,6-9,11H2,1H3. The molecule has 0 spiro atoms. The van der Waals surface area contributed by atoms with E-state index in [2.05, 4.69) is 11.0 Å². The number of methoxy groups -OCH3 is 1. The predicted octanol–water partition coefficient (Wildman–Crippen LogP) is 2.27. The molecule has 3 rings (SSSR count). The molecule has 18 heavy (non-hydrogen) atoms. The number of hydrogen-bond acceptors (Lipinski definition) is 3. The molecule has 1 aliphatic carbocycles. The summed E-state index contributed by atoms with van der Waals surface area (Å²) in [5.41, 5.74) is 1.71. The largest absolute Gasteiger partial charge is 0.496 e. The minimum absolute atomic E-state index is 0.550. The molecule has 1 N–H and O–H groups in total. The van der Waals surface area contributed by atoms with Crippen molar-refractivity contribution in [1.82, 2.24) is 4.90 Å². The predicted molar refractivity (Wildman–Crippen MR) is 70.6 cm³/mol. The average Bonchev–Trinajstić information content (AvgIpc) is 2.92.